The van der Waals surface area contributed by atoms with Gasteiger partial charge in [-0.3, -0.25) is 0 Å². The first-order chi connectivity index (χ1) is 11.8. The zero-order valence-electron chi connectivity index (χ0n) is 12.8. The molecule has 0 fully saturated rings. The third-order valence-electron chi connectivity index (χ3n) is 3.69. The molecule has 0 bridgehead atoms. The Hall–Kier alpha value is -2.86. The number of anilines is 1. The molecule has 0 unspecified atom stereocenters. The average Bonchev–Trinajstić information content (AvgIpc) is 3.02. The topological polar surface area (TPSA) is 69.6 Å². The summed E-state index contributed by atoms with van der Waals surface area (Å²) in [7, 11) is 0. The number of fused-ring (bicyclic) bond motifs is 1. The van der Waals surface area contributed by atoms with E-state index in [0.29, 0.717) is 0 Å². The Morgan fingerprint density at radius 2 is 1.71 bits per heavy atom. The predicted octanol–water partition coefficient (Wildman–Crippen LogP) is 3.61. The molecule has 118 valence electrons. The van der Waals surface area contributed by atoms with Gasteiger partial charge < -0.3 is 10.3 Å². The molecule has 0 spiro atoms. The van der Waals surface area contributed by atoms with E-state index in [1.54, 1.807) is 6.33 Å². The quantitative estimate of drug-likeness (QED) is 0.456. The molecule has 5 nitrogen and oxygen atoms in total. The van der Waals surface area contributed by atoms with Crippen molar-refractivity contribution in [2.75, 3.05) is 5.73 Å². The standard InChI is InChI=1S/C18H15N5S/c19-14-8-4-5-9-15(14)24-18-16-17(20-11-21-18)23(12-22-16)10-13-6-2-1-3-7-13/h1-9,11-12H,10,19H2. The zero-order chi connectivity index (χ0) is 16.4. The normalized spacial score (nSPS) is 11.0. The van der Waals surface area contributed by atoms with Crippen molar-refractivity contribution in [1.82, 2.24) is 19.5 Å². The minimum Gasteiger partial charge on any atom is -0.398 e. The highest BCUT2D eigenvalue weighted by Gasteiger charge is 2.12. The van der Waals surface area contributed by atoms with E-state index in [0.717, 1.165) is 33.3 Å². The van der Waals surface area contributed by atoms with Gasteiger partial charge in [0.1, 0.15) is 16.9 Å². The largest absolute Gasteiger partial charge is 0.398 e. The van der Waals surface area contributed by atoms with Crippen LogP contribution in [-0.4, -0.2) is 19.5 Å². The van der Waals surface area contributed by atoms with Crippen LogP contribution in [0.25, 0.3) is 11.2 Å². The van der Waals surface area contributed by atoms with Crippen LogP contribution in [0.5, 0.6) is 0 Å². The number of benzene rings is 2. The van der Waals surface area contributed by atoms with Gasteiger partial charge >= 0.3 is 0 Å². The monoisotopic (exact) mass is 333 g/mol. The highest BCUT2D eigenvalue weighted by Crippen LogP contribution is 2.33. The van der Waals surface area contributed by atoms with Gasteiger partial charge in [-0.25, -0.2) is 15.0 Å². The summed E-state index contributed by atoms with van der Waals surface area (Å²) in [5.41, 5.74) is 9.59. The van der Waals surface area contributed by atoms with Crippen LogP contribution in [0.2, 0.25) is 0 Å². The maximum Gasteiger partial charge on any atom is 0.164 e. The van der Waals surface area contributed by atoms with Gasteiger partial charge in [0, 0.05) is 10.6 Å². The second-order valence-corrected chi connectivity index (χ2v) is 6.38. The highest BCUT2D eigenvalue weighted by atomic mass is 32.2. The van der Waals surface area contributed by atoms with Crippen LogP contribution in [0.3, 0.4) is 0 Å². The first-order valence-corrected chi connectivity index (χ1v) is 8.35. The molecule has 0 radical (unpaired) electrons. The smallest absolute Gasteiger partial charge is 0.164 e. The summed E-state index contributed by atoms with van der Waals surface area (Å²) in [6.45, 7) is 0.728. The second-order valence-electron chi connectivity index (χ2n) is 5.35. The number of nitrogens with two attached hydrogens (primary N) is 1. The molecule has 0 aliphatic carbocycles. The van der Waals surface area contributed by atoms with Crippen LogP contribution in [0.4, 0.5) is 5.69 Å². The molecular formula is C18H15N5S. The molecule has 0 aliphatic rings. The van der Waals surface area contributed by atoms with Crippen LogP contribution >= 0.6 is 11.8 Å². The molecule has 0 amide bonds. The van der Waals surface area contributed by atoms with E-state index in [9.17, 15) is 0 Å². The molecule has 2 aromatic heterocycles. The summed E-state index contributed by atoms with van der Waals surface area (Å²) in [6.07, 6.45) is 3.39. The Kier molecular flexibility index (Phi) is 3.88. The molecule has 0 aliphatic heterocycles. The van der Waals surface area contributed by atoms with Crippen molar-refractivity contribution in [1.29, 1.82) is 0 Å². The summed E-state index contributed by atoms with van der Waals surface area (Å²) in [6, 6.07) is 18.0. The van der Waals surface area contributed by atoms with Crippen molar-refractivity contribution in [3.63, 3.8) is 0 Å². The fraction of sp³-hybridized carbons (Fsp3) is 0.0556. The van der Waals surface area contributed by atoms with Gasteiger partial charge in [-0.05, 0) is 17.7 Å². The number of nitrogens with zero attached hydrogens (tertiary/aromatic N) is 4. The van der Waals surface area contributed by atoms with E-state index in [2.05, 4.69) is 27.1 Å². The fourth-order valence-electron chi connectivity index (χ4n) is 2.51. The summed E-state index contributed by atoms with van der Waals surface area (Å²) >= 11 is 1.51. The highest BCUT2D eigenvalue weighted by molar-refractivity contribution is 7.99. The molecular weight excluding hydrogens is 318 g/mol. The summed E-state index contributed by atoms with van der Waals surface area (Å²) in [5, 5.41) is 0.810. The van der Waals surface area contributed by atoms with E-state index in [1.807, 2.05) is 53.4 Å². The maximum absolute atomic E-state index is 6.03. The van der Waals surface area contributed by atoms with Crippen LogP contribution in [-0.2, 0) is 6.54 Å². The number of imidazole rings is 1. The summed E-state index contributed by atoms with van der Waals surface area (Å²) < 4.78 is 2.03. The average molecular weight is 333 g/mol. The lowest BCUT2D eigenvalue weighted by Gasteiger charge is -2.06. The summed E-state index contributed by atoms with van der Waals surface area (Å²) in [4.78, 5) is 14.3. The minimum absolute atomic E-state index is 0.728. The van der Waals surface area contributed by atoms with E-state index >= 15 is 0 Å². The number of hydrogen-bond donors (Lipinski definition) is 1. The van der Waals surface area contributed by atoms with Crippen LogP contribution in [0, 0.1) is 0 Å². The number of para-hydroxylation sites is 1. The van der Waals surface area contributed by atoms with E-state index in [4.69, 9.17) is 5.73 Å². The number of hydrogen-bond acceptors (Lipinski definition) is 5. The van der Waals surface area contributed by atoms with Gasteiger partial charge in [0.2, 0.25) is 0 Å². The van der Waals surface area contributed by atoms with Gasteiger partial charge in [0.05, 0.1) is 12.9 Å². The molecule has 4 aromatic rings. The van der Waals surface area contributed by atoms with Crippen LogP contribution < -0.4 is 5.73 Å². The predicted molar refractivity (Wildman–Crippen MR) is 95.8 cm³/mol. The molecule has 0 saturated heterocycles. The van der Waals surface area contributed by atoms with Crippen LogP contribution in [0.1, 0.15) is 5.56 Å². The van der Waals surface area contributed by atoms with Crippen molar-refractivity contribution in [3.05, 3.63) is 72.8 Å². The number of nitrogen functional groups attached to an aromatic ring is 1. The summed E-state index contributed by atoms with van der Waals surface area (Å²) in [5.74, 6) is 0. The number of aromatic nitrogens is 4. The Balaban J connectivity index is 1.70. The minimum atomic E-state index is 0.728. The van der Waals surface area contributed by atoms with Crippen molar-refractivity contribution in [3.8, 4) is 0 Å². The third kappa shape index (κ3) is 2.83. The van der Waals surface area contributed by atoms with Gasteiger partial charge in [0.15, 0.2) is 5.65 Å². The molecule has 2 heterocycles. The molecule has 0 atom stereocenters. The van der Waals surface area contributed by atoms with Gasteiger partial charge in [0.25, 0.3) is 0 Å². The second kappa shape index (κ2) is 6.33. The fourth-order valence-corrected chi connectivity index (χ4v) is 3.39. The van der Waals surface area contributed by atoms with E-state index in [1.165, 1.54) is 17.3 Å². The Morgan fingerprint density at radius 3 is 2.54 bits per heavy atom. The van der Waals surface area contributed by atoms with Crippen LogP contribution in [0.15, 0.2) is 77.2 Å². The SMILES string of the molecule is Nc1ccccc1Sc1ncnc2c1ncn2Cc1ccccc1. The molecule has 0 saturated carbocycles. The van der Waals surface area contributed by atoms with Gasteiger partial charge in [-0.2, -0.15) is 0 Å². The first-order valence-electron chi connectivity index (χ1n) is 7.53. The van der Waals surface area contributed by atoms with Crippen molar-refractivity contribution in [2.45, 2.75) is 16.5 Å². The Bertz CT molecular complexity index is 981. The lowest BCUT2D eigenvalue weighted by molar-refractivity contribution is 0.812. The van der Waals surface area contributed by atoms with Gasteiger partial charge in [-0.15, -0.1) is 0 Å². The third-order valence-corrected chi connectivity index (χ3v) is 4.77. The number of rotatable bonds is 4. The zero-order valence-corrected chi connectivity index (χ0v) is 13.6. The first kappa shape index (κ1) is 14.7. The lowest BCUT2D eigenvalue weighted by atomic mass is 10.2. The molecule has 24 heavy (non-hydrogen) atoms. The van der Waals surface area contributed by atoms with E-state index in [-0.39, 0.29) is 0 Å². The van der Waals surface area contributed by atoms with Gasteiger partial charge in [-0.1, -0.05) is 54.2 Å². The molecule has 6 heteroatoms. The maximum atomic E-state index is 6.03. The van der Waals surface area contributed by atoms with E-state index < -0.39 is 0 Å². The Morgan fingerprint density at radius 1 is 0.917 bits per heavy atom. The molecule has 4 rings (SSSR count). The molecule has 2 N–H and O–H groups in total. The van der Waals surface area contributed by atoms with Crippen molar-refractivity contribution in [2.24, 2.45) is 0 Å². The Labute approximate surface area is 143 Å². The molecule has 2 aromatic carbocycles. The lowest BCUT2D eigenvalue weighted by Crippen LogP contribution is -1.99. The van der Waals surface area contributed by atoms with Crippen molar-refractivity contribution >= 4 is 28.6 Å². The van der Waals surface area contributed by atoms with Crippen molar-refractivity contribution < 1.29 is 0 Å².